The van der Waals surface area contributed by atoms with E-state index in [0.717, 1.165) is 19.4 Å². The second-order valence-electron chi connectivity index (χ2n) is 5.80. The van der Waals surface area contributed by atoms with Crippen LogP contribution in [0.5, 0.6) is 0 Å². The minimum Gasteiger partial charge on any atom is -0.338 e. The highest BCUT2D eigenvalue weighted by atomic mass is 35.5. The molecule has 0 radical (unpaired) electrons. The van der Waals surface area contributed by atoms with Gasteiger partial charge in [-0.05, 0) is 18.8 Å². The molecule has 120 valence electrons. The van der Waals surface area contributed by atoms with Crippen LogP contribution in [-0.2, 0) is 14.4 Å². The molecular weight excluding hydrogens is 294 g/mol. The van der Waals surface area contributed by atoms with Crippen LogP contribution in [0.25, 0.3) is 0 Å². The summed E-state index contributed by atoms with van der Waals surface area (Å²) < 4.78 is 0. The number of carbonyl (C=O) groups is 3. The van der Waals surface area contributed by atoms with Crippen molar-refractivity contribution < 1.29 is 14.4 Å². The molecule has 0 aromatic rings. The quantitative estimate of drug-likeness (QED) is 0.767. The van der Waals surface area contributed by atoms with E-state index < -0.39 is 0 Å². The van der Waals surface area contributed by atoms with Gasteiger partial charge in [-0.15, -0.1) is 12.4 Å². The number of amides is 3. The molecule has 0 aliphatic carbocycles. The molecule has 2 heterocycles. The van der Waals surface area contributed by atoms with Gasteiger partial charge in [-0.1, -0.05) is 6.92 Å². The van der Waals surface area contributed by atoms with Gasteiger partial charge < -0.3 is 10.6 Å². The van der Waals surface area contributed by atoms with Crippen molar-refractivity contribution in [3.05, 3.63) is 0 Å². The summed E-state index contributed by atoms with van der Waals surface area (Å²) >= 11 is 0. The molecule has 0 aromatic heterocycles. The summed E-state index contributed by atoms with van der Waals surface area (Å²) in [5.74, 6) is 0.269. The zero-order chi connectivity index (χ0) is 14.7. The molecular formula is C14H24ClN3O3. The molecule has 6 nitrogen and oxygen atoms in total. The molecule has 2 saturated heterocycles. The Hall–Kier alpha value is -1.14. The van der Waals surface area contributed by atoms with E-state index in [-0.39, 0.29) is 62.0 Å². The average molecular weight is 318 g/mol. The standard InChI is InChI=1S/C14H23N3O3.ClH/c1-10-4-6-16(11(8-10)9-15)14(20)5-7-17-12(18)2-3-13(17)19;/h10-11H,2-9,15H2,1H3;1H. The van der Waals surface area contributed by atoms with Crippen LogP contribution in [0.2, 0.25) is 0 Å². The van der Waals surface area contributed by atoms with E-state index in [1.807, 2.05) is 4.90 Å². The molecule has 0 bridgehead atoms. The molecule has 3 amide bonds. The van der Waals surface area contributed by atoms with Crippen LogP contribution in [-0.4, -0.2) is 53.2 Å². The summed E-state index contributed by atoms with van der Waals surface area (Å²) in [4.78, 5) is 38.3. The maximum atomic E-state index is 12.3. The van der Waals surface area contributed by atoms with E-state index in [1.54, 1.807) is 0 Å². The molecule has 2 aliphatic rings. The molecule has 2 aliphatic heterocycles. The van der Waals surface area contributed by atoms with Gasteiger partial charge in [-0.3, -0.25) is 19.3 Å². The first-order valence-electron chi connectivity index (χ1n) is 7.35. The van der Waals surface area contributed by atoms with Crippen molar-refractivity contribution in [2.75, 3.05) is 19.6 Å². The Labute approximate surface area is 131 Å². The van der Waals surface area contributed by atoms with Crippen LogP contribution in [0.3, 0.4) is 0 Å². The van der Waals surface area contributed by atoms with Gasteiger partial charge in [0.1, 0.15) is 0 Å². The van der Waals surface area contributed by atoms with Crippen LogP contribution in [0.4, 0.5) is 0 Å². The van der Waals surface area contributed by atoms with Crippen molar-refractivity contribution >= 4 is 30.1 Å². The lowest BCUT2D eigenvalue weighted by Crippen LogP contribution is -2.50. The van der Waals surface area contributed by atoms with Crippen molar-refractivity contribution in [2.24, 2.45) is 11.7 Å². The molecule has 7 heteroatoms. The smallest absolute Gasteiger partial charge is 0.229 e. The third-order valence-corrected chi connectivity index (χ3v) is 4.27. The van der Waals surface area contributed by atoms with E-state index in [4.69, 9.17) is 5.73 Å². The van der Waals surface area contributed by atoms with Gasteiger partial charge in [0.25, 0.3) is 0 Å². The lowest BCUT2D eigenvalue weighted by atomic mass is 9.92. The van der Waals surface area contributed by atoms with Crippen LogP contribution >= 0.6 is 12.4 Å². The van der Waals surface area contributed by atoms with E-state index in [2.05, 4.69) is 6.92 Å². The van der Waals surface area contributed by atoms with Gasteiger partial charge in [-0.25, -0.2) is 0 Å². The number of nitrogens with zero attached hydrogens (tertiary/aromatic N) is 2. The van der Waals surface area contributed by atoms with E-state index in [9.17, 15) is 14.4 Å². The number of imide groups is 1. The van der Waals surface area contributed by atoms with Crippen LogP contribution in [0.1, 0.15) is 39.0 Å². The average Bonchev–Trinajstić information content (AvgIpc) is 2.75. The lowest BCUT2D eigenvalue weighted by molar-refractivity contribution is -0.140. The molecule has 2 fully saturated rings. The van der Waals surface area contributed by atoms with Gasteiger partial charge >= 0.3 is 0 Å². The van der Waals surface area contributed by atoms with Gasteiger partial charge in [-0.2, -0.15) is 0 Å². The molecule has 0 saturated carbocycles. The summed E-state index contributed by atoms with van der Waals surface area (Å²) in [6.45, 7) is 3.58. The fourth-order valence-electron chi connectivity index (χ4n) is 3.03. The normalized spacial score (nSPS) is 26.0. The number of hydrogen-bond donors (Lipinski definition) is 1. The molecule has 2 unspecified atom stereocenters. The minimum absolute atomic E-state index is 0. The number of likely N-dealkylation sites (tertiary alicyclic amines) is 2. The van der Waals surface area contributed by atoms with Gasteiger partial charge in [0.05, 0.1) is 0 Å². The van der Waals surface area contributed by atoms with E-state index in [0.29, 0.717) is 12.5 Å². The molecule has 2 rings (SSSR count). The molecule has 0 aromatic carbocycles. The minimum atomic E-state index is -0.162. The SMILES string of the molecule is CC1CCN(C(=O)CCN2C(=O)CCC2=O)C(CN)C1.Cl. The van der Waals surface area contributed by atoms with Crippen molar-refractivity contribution in [3.63, 3.8) is 0 Å². The fourth-order valence-corrected chi connectivity index (χ4v) is 3.03. The Morgan fingerprint density at radius 3 is 2.48 bits per heavy atom. The zero-order valence-electron chi connectivity index (χ0n) is 12.4. The predicted molar refractivity (Wildman–Crippen MR) is 80.8 cm³/mol. The highest BCUT2D eigenvalue weighted by Crippen LogP contribution is 2.22. The van der Waals surface area contributed by atoms with E-state index >= 15 is 0 Å². The third-order valence-electron chi connectivity index (χ3n) is 4.27. The highest BCUT2D eigenvalue weighted by molar-refractivity contribution is 6.02. The first-order chi connectivity index (χ1) is 9.52. The van der Waals surface area contributed by atoms with Gasteiger partial charge in [0.15, 0.2) is 0 Å². The van der Waals surface area contributed by atoms with Gasteiger partial charge in [0.2, 0.25) is 17.7 Å². The highest BCUT2D eigenvalue weighted by Gasteiger charge is 2.32. The predicted octanol–water partition coefficient (Wildman–Crippen LogP) is 0.533. The fraction of sp³-hybridized carbons (Fsp3) is 0.786. The first kappa shape index (κ1) is 17.9. The number of nitrogens with two attached hydrogens (primary N) is 1. The van der Waals surface area contributed by atoms with Crippen LogP contribution in [0.15, 0.2) is 0 Å². The Bertz CT molecular complexity index is 400. The zero-order valence-corrected chi connectivity index (χ0v) is 13.2. The van der Waals surface area contributed by atoms with Crippen molar-refractivity contribution in [1.82, 2.24) is 9.80 Å². The van der Waals surface area contributed by atoms with Crippen molar-refractivity contribution in [3.8, 4) is 0 Å². The second kappa shape index (κ2) is 7.75. The molecule has 0 spiro atoms. The Balaban J connectivity index is 0.00000220. The second-order valence-corrected chi connectivity index (χ2v) is 5.80. The summed E-state index contributed by atoms with van der Waals surface area (Å²) in [5.41, 5.74) is 5.74. The number of halogens is 1. The maximum Gasteiger partial charge on any atom is 0.229 e. The van der Waals surface area contributed by atoms with Crippen LogP contribution < -0.4 is 5.73 Å². The molecule has 2 N–H and O–H groups in total. The van der Waals surface area contributed by atoms with Crippen molar-refractivity contribution in [2.45, 2.75) is 45.1 Å². The number of carbonyl (C=O) groups excluding carboxylic acids is 3. The van der Waals surface area contributed by atoms with Crippen molar-refractivity contribution in [1.29, 1.82) is 0 Å². The lowest BCUT2D eigenvalue weighted by Gasteiger charge is -2.38. The topological polar surface area (TPSA) is 83.7 Å². The summed E-state index contributed by atoms with van der Waals surface area (Å²) in [6, 6.07) is 0.0937. The first-order valence-corrected chi connectivity index (χ1v) is 7.35. The molecule has 21 heavy (non-hydrogen) atoms. The number of rotatable bonds is 4. The van der Waals surface area contributed by atoms with Gasteiger partial charge in [0, 0.05) is 44.9 Å². The summed E-state index contributed by atoms with van der Waals surface area (Å²) in [5, 5.41) is 0. The molecule has 2 atom stereocenters. The number of hydrogen-bond acceptors (Lipinski definition) is 4. The number of piperidine rings is 1. The largest absolute Gasteiger partial charge is 0.338 e. The Morgan fingerprint density at radius 2 is 1.90 bits per heavy atom. The summed E-state index contributed by atoms with van der Waals surface area (Å²) in [6.07, 6.45) is 2.69. The maximum absolute atomic E-state index is 12.3. The Kier molecular flexibility index (Phi) is 6.61. The third kappa shape index (κ3) is 4.17. The Morgan fingerprint density at radius 1 is 1.29 bits per heavy atom. The summed E-state index contributed by atoms with van der Waals surface area (Å²) in [7, 11) is 0. The van der Waals surface area contributed by atoms with Crippen LogP contribution in [0, 0.1) is 5.92 Å². The monoisotopic (exact) mass is 317 g/mol. The van der Waals surface area contributed by atoms with E-state index in [1.165, 1.54) is 4.90 Å².